The van der Waals surface area contributed by atoms with Crippen LogP contribution in [0.2, 0.25) is 0 Å². The maximum atomic E-state index is 10.2. The molecule has 0 unspecified atom stereocenters. The molecular weight excluding hydrogens is 422 g/mol. The number of likely N-dealkylation sites (tertiary alicyclic amines) is 1. The Morgan fingerprint density at radius 3 is 2.53 bits per heavy atom. The molecule has 0 aromatic rings. The van der Waals surface area contributed by atoms with Crippen LogP contribution in [0.15, 0.2) is 35.5 Å². The van der Waals surface area contributed by atoms with E-state index >= 15 is 0 Å². The van der Waals surface area contributed by atoms with Crippen LogP contribution in [-0.4, -0.2) is 59.2 Å². The van der Waals surface area contributed by atoms with Gasteiger partial charge in [0.25, 0.3) is 0 Å². The van der Waals surface area contributed by atoms with Crippen molar-refractivity contribution in [2.75, 3.05) is 20.2 Å². The van der Waals surface area contributed by atoms with Crippen molar-refractivity contribution in [1.29, 1.82) is 0 Å². The highest BCUT2D eigenvalue weighted by molar-refractivity contribution is 5.29. The fraction of sp³-hybridized carbons (Fsp3) is 0.800. The molecule has 4 nitrogen and oxygen atoms in total. The summed E-state index contributed by atoms with van der Waals surface area (Å²) in [4.78, 5) is 2.72. The molecule has 4 fully saturated rings. The lowest BCUT2D eigenvalue weighted by Gasteiger charge is -2.46. The first-order valence-corrected chi connectivity index (χ1v) is 13.8. The molecule has 0 bridgehead atoms. The average Bonchev–Trinajstić information content (AvgIpc) is 3.40. The van der Waals surface area contributed by atoms with E-state index in [-0.39, 0.29) is 5.60 Å². The fourth-order valence-electron chi connectivity index (χ4n) is 8.10. The number of hydrogen-bond acceptors (Lipinski definition) is 4. The number of hydrogen-bond donors (Lipinski definition) is 2. The SMILES string of the molecule is C=C1[C@H](O)CC(=C/C=C2\CCC[C@]3(C)[C@@H]([C@H](C)CN4CCC[C@@H]4C(C)(C)OC)CC[C@@H]23)C[C@H]1O. The Balaban J connectivity index is 1.45. The Hall–Kier alpha value is -0.940. The van der Waals surface area contributed by atoms with E-state index in [1.165, 1.54) is 58.0 Å². The second-order valence-electron chi connectivity index (χ2n) is 12.6. The van der Waals surface area contributed by atoms with Crippen molar-refractivity contribution in [3.63, 3.8) is 0 Å². The Morgan fingerprint density at radius 2 is 1.85 bits per heavy atom. The van der Waals surface area contributed by atoms with Crippen molar-refractivity contribution < 1.29 is 14.9 Å². The zero-order valence-corrected chi connectivity index (χ0v) is 22.4. The first-order chi connectivity index (χ1) is 16.1. The van der Waals surface area contributed by atoms with E-state index in [1.807, 2.05) is 7.11 Å². The molecule has 0 amide bonds. The van der Waals surface area contributed by atoms with E-state index in [4.69, 9.17) is 4.74 Å². The predicted octanol–water partition coefficient (Wildman–Crippen LogP) is 5.65. The molecule has 0 spiro atoms. The molecule has 1 saturated heterocycles. The molecule has 4 rings (SSSR count). The molecule has 0 aromatic heterocycles. The minimum absolute atomic E-state index is 0.0841. The summed E-state index contributed by atoms with van der Waals surface area (Å²) in [5.41, 5.74) is 3.62. The predicted molar refractivity (Wildman–Crippen MR) is 140 cm³/mol. The molecule has 2 N–H and O–H groups in total. The Kier molecular flexibility index (Phi) is 7.84. The molecule has 1 heterocycles. The van der Waals surface area contributed by atoms with Crippen LogP contribution >= 0.6 is 0 Å². The molecule has 1 aliphatic heterocycles. The molecule has 3 saturated carbocycles. The van der Waals surface area contributed by atoms with E-state index in [1.54, 1.807) is 5.57 Å². The Bertz CT molecular complexity index is 798. The van der Waals surface area contributed by atoms with Crippen molar-refractivity contribution in [2.45, 2.75) is 109 Å². The van der Waals surface area contributed by atoms with Crippen molar-refractivity contribution >= 4 is 0 Å². The van der Waals surface area contributed by atoms with E-state index in [2.05, 4.69) is 51.3 Å². The van der Waals surface area contributed by atoms with Crippen LogP contribution in [0.3, 0.4) is 0 Å². The van der Waals surface area contributed by atoms with Gasteiger partial charge < -0.3 is 14.9 Å². The van der Waals surface area contributed by atoms with Crippen molar-refractivity contribution in [3.8, 4) is 0 Å². The van der Waals surface area contributed by atoms with Gasteiger partial charge >= 0.3 is 0 Å². The molecule has 7 atom stereocenters. The normalized spacial score (nSPS) is 39.5. The lowest BCUT2D eigenvalue weighted by atomic mass is 9.61. The van der Waals surface area contributed by atoms with Crippen LogP contribution in [0.5, 0.6) is 0 Å². The minimum atomic E-state index is -0.612. The number of ether oxygens (including phenoxy) is 1. The fourth-order valence-corrected chi connectivity index (χ4v) is 8.10. The van der Waals surface area contributed by atoms with Crippen LogP contribution in [-0.2, 0) is 4.74 Å². The first kappa shape index (κ1) is 26.1. The standard InChI is InChI=1S/C30H49NO3/c1-20(19-31-16-8-10-28(31)29(3,4)34-6)24-13-14-25-23(9-7-15-30(24,25)5)12-11-22-17-26(32)21(2)27(33)18-22/h11-12,20,24-28,32-33H,2,7-10,13-19H2,1,3-6H3/b23-12+/t20-,24-,25+,26-,27-,28-,30-/m1/s1. The number of aliphatic hydroxyl groups excluding tert-OH is 2. The number of nitrogens with zero attached hydrogens (tertiary/aromatic N) is 1. The zero-order chi connectivity index (χ0) is 24.7. The van der Waals surface area contributed by atoms with Gasteiger partial charge in [-0.1, -0.05) is 43.7 Å². The summed E-state index contributed by atoms with van der Waals surface area (Å²) in [6.45, 7) is 15.8. The molecule has 34 heavy (non-hydrogen) atoms. The maximum Gasteiger partial charge on any atom is 0.0809 e. The second kappa shape index (κ2) is 10.2. The number of aliphatic hydroxyl groups is 2. The van der Waals surface area contributed by atoms with Crippen LogP contribution in [0.4, 0.5) is 0 Å². The summed E-state index contributed by atoms with van der Waals surface area (Å²) in [5, 5.41) is 20.4. The minimum Gasteiger partial charge on any atom is -0.388 e. The van der Waals surface area contributed by atoms with Gasteiger partial charge in [0.05, 0.1) is 17.8 Å². The Labute approximate surface area is 208 Å². The van der Waals surface area contributed by atoms with Crippen LogP contribution in [0, 0.1) is 23.2 Å². The van der Waals surface area contributed by atoms with Gasteiger partial charge in [0, 0.05) is 19.7 Å². The van der Waals surface area contributed by atoms with Gasteiger partial charge in [-0.05, 0) is 107 Å². The smallest absolute Gasteiger partial charge is 0.0809 e. The lowest BCUT2D eigenvalue weighted by Crippen LogP contribution is -2.49. The highest BCUT2D eigenvalue weighted by atomic mass is 16.5. The molecule has 3 aliphatic carbocycles. The quantitative estimate of drug-likeness (QED) is 0.491. The van der Waals surface area contributed by atoms with E-state index < -0.39 is 12.2 Å². The topological polar surface area (TPSA) is 52.9 Å². The highest BCUT2D eigenvalue weighted by Crippen LogP contribution is 2.59. The van der Waals surface area contributed by atoms with Gasteiger partial charge in [-0.2, -0.15) is 0 Å². The highest BCUT2D eigenvalue weighted by Gasteiger charge is 2.51. The Morgan fingerprint density at radius 1 is 1.15 bits per heavy atom. The summed E-state index contributed by atoms with van der Waals surface area (Å²) >= 11 is 0. The maximum absolute atomic E-state index is 10.2. The molecular formula is C30H49NO3. The summed E-state index contributed by atoms with van der Waals surface area (Å²) in [6, 6.07) is 0.524. The van der Waals surface area contributed by atoms with Crippen LogP contribution < -0.4 is 0 Å². The third-order valence-electron chi connectivity index (χ3n) is 10.2. The lowest BCUT2D eigenvalue weighted by molar-refractivity contribution is -0.0469. The van der Waals surface area contributed by atoms with Gasteiger partial charge in [0.1, 0.15) is 0 Å². The van der Waals surface area contributed by atoms with Gasteiger partial charge in [-0.15, -0.1) is 0 Å². The molecule has 0 aromatic carbocycles. The number of rotatable bonds is 6. The van der Waals surface area contributed by atoms with Crippen molar-refractivity contribution in [3.05, 3.63) is 35.5 Å². The van der Waals surface area contributed by atoms with Crippen molar-refractivity contribution in [2.24, 2.45) is 23.2 Å². The van der Waals surface area contributed by atoms with Crippen molar-refractivity contribution in [1.82, 2.24) is 4.90 Å². The van der Waals surface area contributed by atoms with Gasteiger partial charge in [0.15, 0.2) is 0 Å². The number of fused-ring (bicyclic) bond motifs is 1. The van der Waals surface area contributed by atoms with E-state index in [9.17, 15) is 10.2 Å². The van der Waals surface area contributed by atoms with Gasteiger partial charge in [0.2, 0.25) is 0 Å². The molecule has 4 aliphatic rings. The van der Waals surface area contributed by atoms with E-state index in [0.717, 1.165) is 11.5 Å². The van der Waals surface area contributed by atoms with Crippen LogP contribution in [0.1, 0.15) is 85.5 Å². The molecule has 4 heteroatoms. The first-order valence-electron chi connectivity index (χ1n) is 13.8. The third-order valence-corrected chi connectivity index (χ3v) is 10.2. The van der Waals surface area contributed by atoms with Gasteiger partial charge in [-0.25, -0.2) is 0 Å². The second-order valence-corrected chi connectivity index (χ2v) is 12.6. The summed E-state index contributed by atoms with van der Waals surface area (Å²) in [6.07, 6.45) is 13.5. The molecule has 0 radical (unpaired) electrons. The van der Waals surface area contributed by atoms with E-state index in [0.29, 0.717) is 41.7 Å². The van der Waals surface area contributed by atoms with Crippen LogP contribution in [0.25, 0.3) is 0 Å². The third kappa shape index (κ3) is 4.98. The number of allylic oxidation sites excluding steroid dienone is 3. The summed E-state index contributed by atoms with van der Waals surface area (Å²) < 4.78 is 5.88. The summed E-state index contributed by atoms with van der Waals surface area (Å²) in [7, 11) is 1.86. The average molecular weight is 472 g/mol. The summed E-state index contributed by atoms with van der Waals surface area (Å²) in [5.74, 6) is 2.13. The zero-order valence-electron chi connectivity index (χ0n) is 22.4. The number of methoxy groups -OCH3 is 1. The monoisotopic (exact) mass is 471 g/mol. The van der Waals surface area contributed by atoms with Gasteiger partial charge in [-0.3, -0.25) is 4.90 Å². The molecule has 192 valence electrons. The largest absolute Gasteiger partial charge is 0.388 e.